The van der Waals surface area contributed by atoms with E-state index < -0.39 is 23.5 Å². The van der Waals surface area contributed by atoms with Crippen molar-refractivity contribution in [2.75, 3.05) is 0 Å². The van der Waals surface area contributed by atoms with Crippen molar-refractivity contribution in [1.82, 2.24) is 0 Å². The molecule has 0 aliphatic rings. The van der Waals surface area contributed by atoms with Crippen LogP contribution in [0.25, 0.3) is 0 Å². The van der Waals surface area contributed by atoms with Crippen molar-refractivity contribution in [2.45, 2.75) is 32.7 Å². The van der Waals surface area contributed by atoms with E-state index in [9.17, 15) is 26.3 Å². The zero-order valence-electron chi connectivity index (χ0n) is 14.0. The lowest BCUT2D eigenvalue weighted by Gasteiger charge is -2.11. The Bertz CT molecular complexity index is 801. The molecule has 0 atom stereocenters. The van der Waals surface area contributed by atoms with E-state index in [-0.39, 0.29) is 17.7 Å². The third-order valence-electron chi connectivity index (χ3n) is 3.39. The highest BCUT2D eigenvalue weighted by molar-refractivity contribution is 5.41. The minimum Gasteiger partial charge on any atom is -0.326 e. The Hall–Kier alpha value is -2.53. The molecule has 0 heterocycles. The summed E-state index contributed by atoms with van der Waals surface area (Å²) in [4.78, 5) is 0. The van der Waals surface area contributed by atoms with Crippen LogP contribution in [0.1, 0.15) is 33.4 Å². The molecule has 2 nitrogen and oxygen atoms in total. The lowest BCUT2D eigenvalue weighted by atomic mass is 10.0. The first-order valence-corrected chi connectivity index (χ1v) is 7.35. The van der Waals surface area contributed by atoms with E-state index in [1.807, 2.05) is 0 Å². The normalized spacial score (nSPS) is 11.4. The molecule has 0 unspecified atom stereocenters. The molecule has 0 aliphatic carbocycles. The molecule has 2 aromatic rings. The van der Waals surface area contributed by atoms with Crippen molar-refractivity contribution in [3.05, 3.63) is 69.8 Å². The first kappa shape index (κ1) is 21.5. The predicted molar refractivity (Wildman–Crippen MR) is 85.0 cm³/mol. The second-order valence-corrected chi connectivity index (χ2v) is 5.52. The number of hydrogen-bond acceptors (Lipinski definition) is 2. The summed E-state index contributed by atoms with van der Waals surface area (Å²) in [6.45, 7) is 3.08. The molecule has 0 amide bonds. The van der Waals surface area contributed by atoms with Gasteiger partial charge in [-0.3, -0.25) is 0 Å². The topological polar surface area (TPSA) is 49.8 Å². The average molecular weight is 374 g/mol. The Balaban J connectivity index is 0.000000260. The number of nitrogens with zero attached hydrogens (tertiary/aromatic N) is 1. The molecule has 0 saturated carbocycles. The van der Waals surface area contributed by atoms with Gasteiger partial charge in [0, 0.05) is 6.54 Å². The number of alkyl halides is 6. The lowest BCUT2D eigenvalue weighted by Crippen LogP contribution is -2.12. The molecule has 0 radical (unpaired) electrons. The highest BCUT2D eigenvalue weighted by Crippen LogP contribution is 2.33. The smallest absolute Gasteiger partial charge is 0.326 e. The zero-order valence-corrected chi connectivity index (χ0v) is 14.0. The van der Waals surface area contributed by atoms with Gasteiger partial charge in [-0.15, -0.1) is 0 Å². The van der Waals surface area contributed by atoms with Gasteiger partial charge in [0.2, 0.25) is 0 Å². The van der Waals surface area contributed by atoms with Crippen molar-refractivity contribution in [3.63, 3.8) is 0 Å². The van der Waals surface area contributed by atoms with E-state index >= 15 is 0 Å². The largest absolute Gasteiger partial charge is 0.417 e. The fourth-order valence-corrected chi connectivity index (χ4v) is 2.12. The number of aryl methyl sites for hydroxylation is 2. The van der Waals surface area contributed by atoms with Gasteiger partial charge < -0.3 is 5.73 Å². The SMILES string of the molecule is Cc1ccc(C#N)c(C(F)(F)F)c1.Cc1ccc(CN)c(C(F)(F)F)c1. The summed E-state index contributed by atoms with van der Waals surface area (Å²) in [5, 5.41) is 8.42. The highest BCUT2D eigenvalue weighted by atomic mass is 19.4. The molecule has 2 rings (SSSR count). The molecule has 140 valence electrons. The van der Waals surface area contributed by atoms with Gasteiger partial charge in [-0.05, 0) is 37.6 Å². The summed E-state index contributed by atoms with van der Waals surface area (Å²) in [6.07, 6.45) is -8.75. The zero-order chi connectivity index (χ0) is 20.1. The molecule has 0 saturated heterocycles. The van der Waals surface area contributed by atoms with Crippen LogP contribution >= 0.6 is 0 Å². The summed E-state index contributed by atoms with van der Waals surface area (Å²) >= 11 is 0. The Morgan fingerprint density at radius 1 is 0.846 bits per heavy atom. The molecule has 0 bridgehead atoms. The van der Waals surface area contributed by atoms with Gasteiger partial charge in [0.05, 0.1) is 22.8 Å². The van der Waals surface area contributed by atoms with Crippen LogP contribution in [-0.2, 0) is 18.9 Å². The van der Waals surface area contributed by atoms with Crippen LogP contribution in [0.15, 0.2) is 36.4 Å². The molecular formula is C18H16F6N2. The third kappa shape index (κ3) is 5.77. The molecule has 0 spiro atoms. The molecule has 0 aliphatic heterocycles. The number of benzene rings is 2. The van der Waals surface area contributed by atoms with Crippen molar-refractivity contribution < 1.29 is 26.3 Å². The van der Waals surface area contributed by atoms with Crippen molar-refractivity contribution in [2.24, 2.45) is 5.73 Å². The lowest BCUT2D eigenvalue weighted by molar-refractivity contribution is -0.138. The van der Waals surface area contributed by atoms with E-state index in [0.29, 0.717) is 11.1 Å². The first-order valence-electron chi connectivity index (χ1n) is 7.35. The van der Waals surface area contributed by atoms with Crippen molar-refractivity contribution in [1.29, 1.82) is 5.26 Å². The molecule has 26 heavy (non-hydrogen) atoms. The number of hydrogen-bond donors (Lipinski definition) is 1. The maximum atomic E-state index is 12.4. The van der Waals surface area contributed by atoms with Crippen molar-refractivity contribution >= 4 is 0 Å². The molecule has 8 heteroatoms. The summed E-state index contributed by atoms with van der Waals surface area (Å²) in [5.74, 6) is 0. The van der Waals surface area contributed by atoms with Gasteiger partial charge in [-0.1, -0.05) is 29.3 Å². The molecule has 0 fully saturated rings. The van der Waals surface area contributed by atoms with E-state index in [1.54, 1.807) is 19.9 Å². The van der Waals surface area contributed by atoms with Gasteiger partial charge in [-0.2, -0.15) is 31.6 Å². The second kappa shape index (κ2) is 8.23. The van der Waals surface area contributed by atoms with Crippen LogP contribution in [0.4, 0.5) is 26.3 Å². The van der Waals surface area contributed by atoms with E-state index in [4.69, 9.17) is 11.0 Å². The Labute approximate surface area is 146 Å². The van der Waals surface area contributed by atoms with Crippen LogP contribution in [-0.4, -0.2) is 0 Å². The van der Waals surface area contributed by atoms with Crippen LogP contribution in [0, 0.1) is 25.2 Å². The quantitative estimate of drug-likeness (QED) is 0.684. The summed E-state index contributed by atoms with van der Waals surface area (Å²) in [7, 11) is 0. The molecular weight excluding hydrogens is 358 g/mol. The van der Waals surface area contributed by atoms with Crippen LogP contribution in [0.2, 0.25) is 0 Å². The predicted octanol–water partition coefficient (Wildman–Crippen LogP) is 5.36. The fourth-order valence-electron chi connectivity index (χ4n) is 2.12. The minimum absolute atomic E-state index is 0.0882. The maximum absolute atomic E-state index is 12.4. The monoisotopic (exact) mass is 374 g/mol. The summed E-state index contributed by atoms with van der Waals surface area (Å²) in [5.41, 5.74) is 4.58. The van der Waals surface area contributed by atoms with E-state index in [1.165, 1.54) is 24.3 Å². The third-order valence-corrected chi connectivity index (χ3v) is 3.39. The Morgan fingerprint density at radius 3 is 1.73 bits per heavy atom. The molecule has 2 aromatic carbocycles. The van der Waals surface area contributed by atoms with Crippen LogP contribution in [0.3, 0.4) is 0 Å². The van der Waals surface area contributed by atoms with Gasteiger partial charge in [0.1, 0.15) is 0 Å². The van der Waals surface area contributed by atoms with Gasteiger partial charge in [-0.25, -0.2) is 0 Å². The van der Waals surface area contributed by atoms with Crippen LogP contribution in [0.5, 0.6) is 0 Å². The number of halogens is 6. The number of nitriles is 1. The van der Waals surface area contributed by atoms with Gasteiger partial charge in [0.15, 0.2) is 0 Å². The van der Waals surface area contributed by atoms with E-state index in [2.05, 4.69) is 0 Å². The van der Waals surface area contributed by atoms with Gasteiger partial charge >= 0.3 is 12.4 Å². The first-order chi connectivity index (χ1) is 11.9. The fraction of sp³-hybridized carbons (Fsp3) is 0.278. The van der Waals surface area contributed by atoms with Crippen molar-refractivity contribution in [3.8, 4) is 6.07 Å². The summed E-state index contributed by atoms with van der Waals surface area (Å²) < 4.78 is 73.9. The Morgan fingerprint density at radius 2 is 1.31 bits per heavy atom. The number of rotatable bonds is 1. The standard InChI is InChI=1S/C9H10F3N.C9H6F3N/c2*1-6-2-3-7(5-13)8(4-6)9(10,11)12/h2-4H,5,13H2,1H3;2-4H,1H3. The number of nitrogens with two attached hydrogens (primary N) is 1. The highest BCUT2D eigenvalue weighted by Gasteiger charge is 2.33. The van der Waals surface area contributed by atoms with Crippen LogP contribution < -0.4 is 5.73 Å². The van der Waals surface area contributed by atoms with E-state index in [0.717, 1.165) is 12.1 Å². The van der Waals surface area contributed by atoms with Gasteiger partial charge in [0.25, 0.3) is 0 Å². The summed E-state index contributed by atoms with van der Waals surface area (Å²) in [6, 6.07) is 9.29. The molecule has 2 N–H and O–H groups in total. The molecule has 0 aromatic heterocycles. The Kier molecular flexibility index (Phi) is 6.81. The maximum Gasteiger partial charge on any atom is 0.417 e. The second-order valence-electron chi connectivity index (χ2n) is 5.52. The average Bonchev–Trinajstić information content (AvgIpc) is 2.54. The minimum atomic E-state index is -4.45.